The molecule has 3 rings (SSSR count). The van der Waals surface area contributed by atoms with Crippen LogP contribution in [-0.2, 0) is 6.54 Å². The number of nitrogens with one attached hydrogen (secondary N) is 1. The van der Waals surface area contributed by atoms with E-state index in [9.17, 15) is 0 Å². The summed E-state index contributed by atoms with van der Waals surface area (Å²) in [5.41, 5.74) is 3.40. The fraction of sp³-hybridized carbons (Fsp3) is 0.278. The van der Waals surface area contributed by atoms with Gasteiger partial charge in [-0.05, 0) is 23.6 Å². The third kappa shape index (κ3) is 3.14. The number of rotatable bonds is 5. The van der Waals surface area contributed by atoms with Gasteiger partial charge in [-0.3, -0.25) is 0 Å². The lowest BCUT2D eigenvalue weighted by Crippen LogP contribution is -2.25. The molecule has 1 unspecified atom stereocenters. The van der Waals surface area contributed by atoms with Crippen molar-refractivity contribution in [2.45, 2.75) is 26.4 Å². The molecule has 0 aliphatic carbocycles. The monoisotopic (exact) mass is 279 g/mol. The van der Waals surface area contributed by atoms with Crippen molar-refractivity contribution in [3.8, 4) is 0 Å². The molecule has 0 saturated heterocycles. The molecule has 0 saturated carbocycles. The number of pyridine rings is 1. The highest BCUT2D eigenvalue weighted by Gasteiger charge is 2.15. The Bertz CT molecular complexity index is 668. The lowest BCUT2D eigenvalue weighted by Gasteiger charge is -2.22. The van der Waals surface area contributed by atoms with Gasteiger partial charge in [-0.15, -0.1) is 0 Å². The summed E-state index contributed by atoms with van der Waals surface area (Å²) < 4.78 is 2.06. The van der Waals surface area contributed by atoms with Gasteiger partial charge < -0.3 is 9.72 Å². The van der Waals surface area contributed by atoms with E-state index in [2.05, 4.69) is 65.1 Å². The Morgan fingerprint density at radius 1 is 1.05 bits per heavy atom. The van der Waals surface area contributed by atoms with Gasteiger partial charge in [-0.25, -0.2) is 4.98 Å². The van der Waals surface area contributed by atoms with Crippen molar-refractivity contribution in [2.75, 3.05) is 0 Å². The van der Waals surface area contributed by atoms with Crippen LogP contribution in [0.2, 0.25) is 0 Å². The molecular formula is C18H21N3. The number of aromatic nitrogens is 2. The molecule has 1 atom stereocenters. The van der Waals surface area contributed by atoms with E-state index in [1.54, 1.807) is 0 Å². The number of fused-ring (bicyclic) bond motifs is 1. The maximum atomic E-state index is 4.64. The summed E-state index contributed by atoms with van der Waals surface area (Å²) in [6, 6.07) is 17.0. The van der Waals surface area contributed by atoms with Crippen LogP contribution in [-0.4, -0.2) is 9.38 Å². The van der Waals surface area contributed by atoms with Crippen LogP contribution >= 0.6 is 0 Å². The summed E-state index contributed by atoms with van der Waals surface area (Å²) in [5, 5.41) is 3.64. The first-order valence-corrected chi connectivity index (χ1v) is 7.45. The van der Waals surface area contributed by atoms with Crippen molar-refractivity contribution in [3.05, 3.63) is 72.2 Å². The number of nitrogens with zero attached hydrogens (tertiary/aromatic N) is 2. The van der Waals surface area contributed by atoms with Crippen LogP contribution in [0.5, 0.6) is 0 Å². The molecule has 3 nitrogen and oxygen atoms in total. The molecule has 21 heavy (non-hydrogen) atoms. The molecule has 0 aliphatic heterocycles. The number of hydrogen-bond donors (Lipinski definition) is 1. The highest BCUT2D eigenvalue weighted by molar-refractivity contribution is 5.39. The highest BCUT2D eigenvalue weighted by atomic mass is 15.0. The first-order chi connectivity index (χ1) is 10.2. The molecule has 108 valence electrons. The fourth-order valence-corrected chi connectivity index (χ4v) is 2.69. The molecule has 2 heterocycles. The van der Waals surface area contributed by atoms with Crippen molar-refractivity contribution in [3.63, 3.8) is 0 Å². The van der Waals surface area contributed by atoms with E-state index in [0.29, 0.717) is 12.0 Å². The zero-order chi connectivity index (χ0) is 14.7. The topological polar surface area (TPSA) is 29.3 Å². The first kappa shape index (κ1) is 13.8. The minimum Gasteiger partial charge on any atom is -0.307 e. The molecule has 1 aromatic carbocycles. The van der Waals surface area contributed by atoms with Crippen molar-refractivity contribution in [2.24, 2.45) is 5.92 Å². The van der Waals surface area contributed by atoms with Crippen molar-refractivity contribution in [1.82, 2.24) is 14.7 Å². The van der Waals surface area contributed by atoms with Crippen molar-refractivity contribution >= 4 is 5.65 Å². The second-order valence-corrected chi connectivity index (χ2v) is 5.71. The van der Waals surface area contributed by atoms with Crippen LogP contribution in [0.25, 0.3) is 5.65 Å². The highest BCUT2D eigenvalue weighted by Crippen LogP contribution is 2.21. The van der Waals surface area contributed by atoms with E-state index in [1.165, 1.54) is 5.56 Å². The van der Waals surface area contributed by atoms with E-state index in [0.717, 1.165) is 17.9 Å². The smallest absolute Gasteiger partial charge is 0.137 e. The predicted octanol–water partition coefficient (Wildman–Crippen LogP) is 3.82. The van der Waals surface area contributed by atoms with Gasteiger partial charge in [0.2, 0.25) is 0 Å². The first-order valence-electron chi connectivity index (χ1n) is 7.45. The van der Waals surface area contributed by atoms with Gasteiger partial charge in [0.25, 0.3) is 0 Å². The number of benzene rings is 1. The van der Waals surface area contributed by atoms with Crippen molar-refractivity contribution in [1.29, 1.82) is 0 Å². The molecule has 0 aliphatic rings. The summed E-state index contributed by atoms with van der Waals surface area (Å²) in [6.07, 6.45) is 4.12. The average Bonchev–Trinajstić information content (AvgIpc) is 2.91. The maximum Gasteiger partial charge on any atom is 0.137 e. The Kier molecular flexibility index (Phi) is 4.02. The summed E-state index contributed by atoms with van der Waals surface area (Å²) in [7, 11) is 0. The minimum absolute atomic E-state index is 0.344. The van der Waals surface area contributed by atoms with E-state index < -0.39 is 0 Å². The molecule has 0 radical (unpaired) electrons. The molecule has 0 spiro atoms. The molecule has 0 bridgehead atoms. The van der Waals surface area contributed by atoms with Crippen LogP contribution < -0.4 is 5.32 Å². The van der Waals surface area contributed by atoms with Gasteiger partial charge >= 0.3 is 0 Å². The van der Waals surface area contributed by atoms with Crippen molar-refractivity contribution < 1.29 is 0 Å². The summed E-state index contributed by atoms with van der Waals surface area (Å²) in [5.74, 6) is 0.532. The average molecular weight is 279 g/mol. The van der Waals surface area contributed by atoms with Crippen LogP contribution in [0.15, 0.2) is 60.9 Å². The summed E-state index contributed by atoms with van der Waals surface area (Å²) in [6.45, 7) is 5.27. The maximum absolute atomic E-state index is 4.64. The van der Waals surface area contributed by atoms with Gasteiger partial charge in [0.1, 0.15) is 5.65 Å². The molecule has 3 heteroatoms. The summed E-state index contributed by atoms with van der Waals surface area (Å²) >= 11 is 0. The van der Waals surface area contributed by atoms with E-state index >= 15 is 0 Å². The third-order valence-corrected chi connectivity index (χ3v) is 3.74. The lowest BCUT2D eigenvalue weighted by molar-refractivity contribution is 0.409. The van der Waals surface area contributed by atoms with Gasteiger partial charge in [0, 0.05) is 25.0 Å². The Labute approximate surface area is 125 Å². The second-order valence-electron chi connectivity index (χ2n) is 5.71. The van der Waals surface area contributed by atoms with E-state index in [4.69, 9.17) is 0 Å². The molecule has 0 fully saturated rings. The van der Waals surface area contributed by atoms with E-state index in [-0.39, 0.29) is 0 Å². The Balaban J connectivity index is 1.75. The SMILES string of the molecule is CC(C)C(NCc1cn2ccccc2n1)c1ccccc1. The molecule has 3 aromatic rings. The second kappa shape index (κ2) is 6.10. The quantitative estimate of drug-likeness (QED) is 0.769. The normalized spacial score (nSPS) is 12.9. The Hall–Kier alpha value is -2.13. The van der Waals surface area contributed by atoms with Crippen LogP contribution in [0.1, 0.15) is 31.1 Å². The number of hydrogen-bond acceptors (Lipinski definition) is 2. The van der Waals surface area contributed by atoms with Gasteiger partial charge in [0.15, 0.2) is 0 Å². The zero-order valence-electron chi connectivity index (χ0n) is 12.5. The zero-order valence-corrected chi connectivity index (χ0v) is 12.5. The molecule has 1 N–H and O–H groups in total. The third-order valence-electron chi connectivity index (χ3n) is 3.74. The molecular weight excluding hydrogens is 258 g/mol. The predicted molar refractivity (Wildman–Crippen MR) is 86.1 cm³/mol. The number of imidazole rings is 1. The molecule has 2 aromatic heterocycles. The van der Waals surface area contributed by atoms with Gasteiger partial charge in [-0.2, -0.15) is 0 Å². The standard InChI is InChI=1S/C18H21N3/c1-14(2)18(15-8-4-3-5-9-15)19-12-16-13-21-11-7-6-10-17(21)20-16/h3-11,13-14,18-19H,12H2,1-2H3. The van der Waals surface area contributed by atoms with Crippen LogP contribution in [0.4, 0.5) is 0 Å². The van der Waals surface area contributed by atoms with Crippen LogP contribution in [0.3, 0.4) is 0 Å². The Morgan fingerprint density at radius 2 is 1.81 bits per heavy atom. The fourth-order valence-electron chi connectivity index (χ4n) is 2.69. The van der Waals surface area contributed by atoms with Crippen LogP contribution in [0, 0.1) is 5.92 Å². The van der Waals surface area contributed by atoms with Gasteiger partial charge in [-0.1, -0.05) is 50.2 Å². The molecule has 0 amide bonds. The van der Waals surface area contributed by atoms with Gasteiger partial charge in [0.05, 0.1) is 5.69 Å². The minimum atomic E-state index is 0.344. The lowest BCUT2D eigenvalue weighted by atomic mass is 9.96. The Morgan fingerprint density at radius 3 is 2.52 bits per heavy atom. The largest absolute Gasteiger partial charge is 0.307 e. The van der Waals surface area contributed by atoms with E-state index in [1.807, 2.05) is 24.4 Å². The summed E-state index contributed by atoms with van der Waals surface area (Å²) in [4.78, 5) is 4.64.